The van der Waals surface area contributed by atoms with Crippen LogP contribution in [0.25, 0.3) is 100 Å². The Morgan fingerprint density at radius 2 is 0.487 bits per heavy atom. The minimum Gasteiger partial charge on any atom is -0.477 e. The highest BCUT2D eigenvalue weighted by molar-refractivity contribution is 8.79. The lowest BCUT2D eigenvalue weighted by molar-refractivity contribution is -0.254. The second-order valence-corrected chi connectivity index (χ2v) is 71.8. The van der Waals surface area contributed by atoms with Crippen molar-refractivity contribution in [1.82, 2.24) is 0 Å². The van der Waals surface area contributed by atoms with Crippen LogP contribution in [0.3, 0.4) is 0 Å². The molecule has 57 heteroatoms. The zero-order chi connectivity index (χ0) is 85.0. The fourth-order valence-electron chi connectivity index (χ4n) is 10.3. The van der Waals surface area contributed by atoms with Crippen LogP contribution in [0, 0.1) is 0 Å². The zero-order valence-corrected chi connectivity index (χ0v) is 86.5. The minimum atomic E-state index is -5.83. The molecule has 0 aromatic carbocycles. The van der Waals surface area contributed by atoms with Crippen molar-refractivity contribution in [2.45, 2.75) is 35.5 Å². The standard InChI is InChI=1S/C31H14F6O4S6.C29H14F6S6.2CO2.S24.H2S/c32-29(33)23(13-12-22(16-5-7-19(44-16)27(38)39)47-25(13)17-4-2-10-43-17)24(30(34,35)31(29,36)37)14-11-21(15-3-1-9-42-15)46-26(14)18-6-8-20(45-18)28(40)41;30-27(31)23(15-13-21(17-5-1-9-36-17)40-25(15)19-7-3-11-38-19)24(28(32,33)29(27,34)35)16-14-22(18-6-2-10-37-18)41-26(16)20-8-4-12-39-20;2*2-1-3;1-3-5-7-9-11-13-15-17-19-21-23-24-22-20-18-16-14-12-10-8-6-4-2;/h1-12H,(H,38,39)(H,40,41);1-14H;;;;1H2. The van der Waals surface area contributed by atoms with E-state index in [0.717, 1.165) is 83.8 Å². The van der Waals surface area contributed by atoms with Gasteiger partial charge in [-0.1, -0.05) is 36.4 Å². The Balaban J connectivity index is 0.000000205. The van der Waals surface area contributed by atoms with Gasteiger partial charge in [-0.25, -0.2) is 9.59 Å². The van der Waals surface area contributed by atoms with Crippen molar-refractivity contribution in [2.75, 3.05) is 0 Å². The van der Waals surface area contributed by atoms with Crippen LogP contribution >= 0.6 is 150 Å². The zero-order valence-electron chi connectivity index (χ0n) is 56.1. The van der Waals surface area contributed by atoms with Gasteiger partial charge in [-0.05, 0) is 117 Å². The molecule has 12 aromatic rings. The van der Waals surface area contributed by atoms with Crippen LogP contribution in [0.4, 0.5) is 52.7 Å². The monoisotopic (exact) mass is 2310 g/mol. The van der Waals surface area contributed by atoms with Crippen molar-refractivity contribution >= 4 is 414 Å². The van der Waals surface area contributed by atoms with Gasteiger partial charge in [0.25, 0.3) is 0 Å². The number of rotatable bonds is 14. The lowest BCUT2D eigenvalue weighted by Gasteiger charge is -2.25. The molecule has 0 bridgehead atoms. The predicted molar refractivity (Wildman–Crippen MR) is 538 cm³/mol. The van der Waals surface area contributed by atoms with Crippen molar-refractivity contribution in [2.24, 2.45) is 0 Å². The van der Waals surface area contributed by atoms with E-state index < -0.39 is 80.9 Å². The van der Waals surface area contributed by atoms with Crippen molar-refractivity contribution in [3.8, 4) is 78.0 Å². The Kier molecular flexibility index (Phi) is 40.5. The molecule has 12 aromatic heterocycles. The van der Waals surface area contributed by atoms with Crippen molar-refractivity contribution in [3.05, 3.63) is 186 Å². The number of carboxylic acid groups (broad SMARTS) is 2. The van der Waals surface area contributed by atoms with Gasteiger partial charge in [0, 0.05) is 321 Å². The number of alkyl halides is 12. The summed E-state index contributed by atoms with van der Waals surface area (Å²) in [6.07, 6.45) is 0.500. The number of thiophene rings is 12. The van der Waals surface area contributed by atoms with Gasteiger partial charge in [0.15, 0.2) is 0 Å². The third-order valence-corrected chi connectivity index (χ3v) is 74.6. The lowest BCUT2D eigenvalue weighted by Crippen LogP contribution is -2.48. The summed E-state index contributed by atoms with van der Waals surface area (Å²) in [5.74, 6) is -35.0. The molecule has 2 aliphatic rings. The highest BCUT2D eigenvalue weighted by atomic mass is 33.5. The molecule has 0 fully saturated rings. The van der Waals surface area contributed by atoms with E-state index in [1.54, 1.807) is 236 Å². The Hall–Kier alpha value is -1.63. The van der Waals surface area contributed by atoms with E-state index in [0.29, 0.717) is 50.4 Å². The van der Waals surface area contributed by atoms with E-state index in [1.165, 1.54) is 117 Å². The first-order chi connectivity index (χ1) is 56.6. The van der Waals surface area contributed by atoms with E-state index in [1.807, 2.05) is 46.3 Å². The maximum Gasteiger partial charge on any atom is 0.380 e. The van der Waals surface area contributed by atoms with Gasteiger partial charge in [-0.2, -0.15) is 85.4 Å². The Morgan fingerprint density at radius 1 is 0.286 bits per heavy atom. The van der Waals surface area contributed by atoms with Crippen molar-refractivity contribution in [3.63, 3.8) is 0 Å². The second kappa shape index (κ2) is 47.6. The summed E-state index contributed by atoms with van der Waals surface area (Å²) in [6.45, 7) is 0. The van der Waals surface area contributed by atoms with Crippen LogP contribution in [0.15, 0.2) is 154 Å². The van der Waals surface area contributed by atoms with E-state index in [2.05, 4.69) is 0 Å². The summed E-state index contributed by atoms with van der Waals surface area (Å²) in [6, 6.07) is 30.8. The average Bonchev–Trinajstić information content (AvgIpc) is 1.53. The fourth-order valence-corrected chi connectivity index (χ4v) is 76.8. The number of aromatic carboxylic acids is 2. The highest BCUT2D eigenvalue weighted by Gasteiger charge is 2.82. The Morgan fingerprint density at radius 3 is 0.697 bits per heavy atom. The first-order valence-corrected chi connectivity index (χ1v) is 70.6. The molecule has 12 heterocycles. The van der Waals surface area contributed by atoms with Crippen molar-refractivity contribution in [1.29, 1.82) is 0 Å². The van der Waals surface area contributed by atoms with E-state index in [9.17, 15) is 19.8 Å². The van der Waals surface area contributed by atoms with Gasteiger partial charge in [0.2, 0.25) is 0 Å². The minimum absolute atomic E-state index is 0. The largest absolute Gasteiger partial charge is 0.477 e. The Labute approximate surface area is 792 Å². The van der Waals surface area contributed by atoms with Crippen LogP contribution in [-0.4, -0.2) is 70.0 Å². The number of allylic oxidation sites excluding steroid dienone is 4. The van der Waals surface area contributed by atoms with E-state index >= 15 is 52.7 Å². The van der Waals surface area contributed by atoms with Crippen molar-refractivity contribution < 1.29 is 91.7 Å². The molecule has 0 amide bonds. The smallest absolute Gasteiger partial charge is 0.380 e. The predicted octanol–water partition coefficient (Wildman–Crippen LogP) is 23.4. The molecule has 0 atom stereocenters. The molecular formula is C62H30F12O8S37. The van der Waals surface area contributed by atoms with Crippen LogP contribution < -0.4 is 0 Å². The van der Waals surface area contributed by atoms with Gasteiger partial charge >= 0.3 is 59.8 Å². The normalized spacial score (nSPS) is 14.3. The Bertz CT molecular complexity index is 6690. The SMILES string of the molecule is FC1(F)C(c2cc(-c3cccs3)sc2-c2cccs2)=C(c2cc(-c3cccs3)sc2-c2cccs2)C(F)(F)C1(F)F.O=C(O)c1ccc(-c2cc(C3=C(c4cc(-c5cccs5)sc4-c4ccc(C(=O)O)s4)C(F)(F)C(F)(F)C3(F)F)c(-c3cccs3)s2)s1.O=C=O.O=C=O.S.S=S=S=S=S=S=S=S=S=S=S=S=S=S=S=S=S=S=S=S=S=S=S=S. The fraction of sp³-hybridized carbons (Fsp3) is 0.0968. The van der Waals surface area contributed by atoms with Crippen LogP contribution in [-0.2, 0) is 237 Å². The molecule has 632 valence electrons. The highest BCUT2D eigenvalue weighted by Crippen LogP contribution is 2.70. The molecule has 119 heavy (non-hydrogen) atoms. The molecular weight excluding hydrogens is 2290 g/mol. The maximum absolute atomic E-state index is 16.2. The summed E-state index contributed by atoms with van der Waals surface area (Å²) in [4.78, 5) is 61.6. The van der Waals surface area contributed by atoms with Gasteiger partial charge in [-0.3, -0.25) is 0 Å². The van der Waals surface area contributed by atoms with Gasteiger partial charge < -0.3 is 10.2 Å². The van der Waals surface area contributed by atoms with Crippen LogP contribution in [0.2, 0.25) is 0 Å². The molecule has 2 aliphatic carbocycles. The number of hydrogen-bond acceptors (Lipinski definition) is 20. The third-order valence-electron chi connectivity index (χ3n) is 14.5. The third kappa shape index (κ3) is 24.1. The molecule has 2 N–H and O–H groups in total. The topological polar surface area (TPSA) is 143 Å². The number of hydrogen-bond donors (Lipinski definition) is 2. The number of halogens is 12. The summed E-state index contributed by atoms with van der Waals surface area (Å²) in [5.41, 5.74) is -7.39. The summed E-state index contributed by atoms with van der Waals surface area (Å²) in [7, 11) is 38.1. The number of carbonyl (C=O) groups excluding carboxylic acids is 4. The first kappa shape index (κ1) is 101. The summed E-state index contributed by atoms with van der Waals surface area (Å²) < 4.78 is 190. The summed E-state index contributed by atoms with van der Waals surface area (Å²) in [5, 5.41) is 29.3. The average molecular weight is 2320 g/mol. The molecule has 0 spiro atoms. The second-order valence-electron chi connectivity index (χ2n) is 20.8. The molecule has 14 rings (SSSR count). The molecule has 0 unspecified atom stereocenters. The van der Waals surface area contributed by atoms with Crippen LogP contribution in [0.1, 0.15) is 41.6 Å². The lowest BCUT2D eigenvalue weighted by atomic mass is 9.94. The molecule has 0 saturated carbocycles. The molecule has 0 saturated heterocycles. The quantitative estimate of drug-likeness (QED) is 0.101. The summed E-state index contributed by atoms with van der Waals surface area (Å²) >= 11 is 22.7. The van der Waals surface area contributed by atoms with E-state index in [-0.39, 0.29) is 75.9 Å². The number of carboxylic acids is 2. The van der Waals surface area contributed by atoms with E-state index in [4.69, 9.17) is 41.6 Å². The van der Waals surface area contributed by atoms with Gasteiger partial charge in [0.1, 0.15) is 9.75 Å². The molecule has 0 radical (unpaired) electrons. The van der Waals surface area contributed by atoms with Gasteiger partial charge in [-0.15, -0.1) is 136 Å². The van der Waals surface area contributed by atoms with Gasteiger partial charge in [0.05, 0.1) is 19.5 Å². The molecule has 0 aliphatic heterocycles. The van der Waals surface area contributed by atoms with Crippen LogP contribution in [0.5, 0.6) is 0 Å². The molecule has 8 nitrogen and oxygen atoms in total. The first-order valence-electron chi connectivity index (χ1n) is 29.7. The number of carbonyl (C=O) groups is 2. The maximum atomic E-state index is 16.2.